The summed E-state index contributed by atoms with van der Waals surface area (Å²) in [6.45, 7) is 12.0. The van der Waals surface area contributed by atoms with Gasteiger partial charge in [0.15, 0.2) is 5.78 Å². The fourth-order valence-corrected chi connectivity index (χ4v) is 1.97. The molecule has 0 aromatic heterocycles. The molecule has 0 aromatic rings. The van der Waals surface area contributed by atoms with Crippen molar-refractivity contribution < 1.29 is 4.79 Å². The lowest BCUT2D eigenvalue weighted by molar-refractivity contribution is -0.119. The predicted molar refractivity (Wildman–Crippen MR) is 70.8 cm³/mol. The number of hydrogen-bond acceptors (Lipinski definition) is 2. The van der Waals surface area contributed by atoms with Crippen molar-refractivity contribution in [2.24, 2.45) is 16.8 Å². The lowest BCUT2D eigenvalue weighted by Gasteiger charge is -2.16. The van der Waals surface area contributed by atoms with Crippen LogP contribution in [0.4, 0.5) is 0 Å². The number of allylic oxidation sites excluding steroid dienone is 2. The number of aliphatic imine (C=N–C) groups is 1. The van der Waals surface area contributed by atoms with Crippen LogP contribution in [0.1, 0.15) is 54.4 Å². The number of carbonyl (C=O) groups is 1. The van der Waals surface area contributed by atoms with Gasteiger partial charge >= 0.3 is 0 Å². The molecule has 0 amide bonds. The van der Waals surface area contributed by atoms with Gasteiger partial charge in [0.25, 0.3) is 0 Å². The summed E-state index contributed by atoms with van der Waals surface area (Å²) in [7, 11) is 0. The number of rotatable bonds is 6. The first-order valence-electron chi connectivity index (χ1n) is 6.19. The average molecular weight is 223 g/mol. The van der Waals surface area contributed by atoms with Gasteiger partial charge in [0.05, 0.1) is 0 Å². The molecular formula is C14H25NO. The van der Waals surface area contributed by atoms with Crippen molar-refractivity contribution >= 4 is 12.0 Å². The van der Waals surface area contributed by atoms with Crippen LogP contribution in [0.5, 0.6) is 0 Å². The number of nitrogens with zero attached hydrogens (tertiary/aromatic N) is 1. The van der Waals surface area contributed by atoms with Gasteiger partial charge in [-0.15, -0.1) is 0 Å². The summed E-state index contributed by atoms with van der Waals surface area (Å²) < 4.78 is 0. The van der Waals surface area contributed by atoms with E-state index in [4.69, 9.17) is 0 Å². The molecule has 2 heteroatoms. The van der Waals surface area contributed by atoms with Gasteiger partial charge in [0.2, 0.25) is 0 Å². The minimum Gasteiger partial charge on any atom is -0.294 e. The van der Waals surface area contributed by atoms with Crippen LogP contribution in [-0.2, 0) is 4.79 Å². The van der Waals surface area contributed by atoms with Crippen molar-refractivity contribution in [3.8, 4) is 0 Å². The lowest BCUT2D eigenvalue weighted by Crippen LogP contribution is -2.18. The Balaban J connectivity index is 5.08. The van der Waals surface area contributed by atoms with Crippen molar-refractivity contribution in [1.82, 2.24) is 0 Å². The third kappa shape index (κ3) is 4.30. The quantitative estimate of drug-likeness (QED) is 0.494. The van der Waals surface area contributed by atoms with Crippen LogP contribution in [-0.4, -0.2) is 12.0 Å². The Labute approximate surface area is 99.9 Å². The van der Waals surface area contributed by atoms with Crippen LogP contribution >= 0.6 is 0 Å². The zero-order valence-corrected chi connectivity index (χ0v) is 11.5. The van der Waals surface area contributed by atoms with E-state index in [9.17, 15) is 4.79 Å². The number of Topliss-reactive ketones (excluding diaryl/α,β-unsaturated/α-hetero) is 1. The third-order valence-corrected chi connectivity index (χ3v) is 2.72. The van der Waals surface area contributed by atoms with Gasteiger partial charge in [0.1, 0.15) is 0 Å². The summed E-state index contributed by atoms with van der Waals surface area (Å²) in [4.78, 5) is 16.5. The first-order chi connectivity index (χ1) is 7.45. The monoisotopic (exact) mass is 223 g/mol. The lowest BCUT2D eigenvalue weighted by atomic mass is 9.88. The maximum atomic E-state index is 12.3. The predicted octanol–water partition coefficient (Wildman–Crippen LogP) is 4.01. The average Bonchev–Trinajstić information content (AvgIpc) is 2.17. The number of carbonyl (C=O) groups excluding carboxylic acids is 1. The fraction of sp³-hybridized carbons (Fsp3) is 0.714. The summed E-state index contributed by atoms with van der Waals surface area (Å²) in [6.07, 6.45) is 3.75. The van der Waals surface area contributed by atoms with Gasteiger partial charge in [-0.05, 0) is 26.2 Å². The van der Waals surface area contributed by atoms with Gasteiger partial charge in [-0.2, -0.15) is 0 Å². The van der Waals surface area contributed by atoms with E-state index in [2.05, 4.69) is 25.8 Å². The SMILES string of the molecule is CC=NC(C)=C(C(=O)C(C)CCC)C(C)C. The Bertz CT molecular complexity index is 287. The fourth-order valence-electron chi connectivity index (χ4n) is 1.97. The topological polar surface area (TPSA) is 29.4 Å². The molecule has 92 valence electrons. The van der Waals surface area contributed by atoms with E-state index in [1.807, 2.05) is 20.8 Å². The van der Waals surface area contributed by atoms with Crippen molar-refractivity contribution in [2.75, 3.05) is 0 Å². The second-order valence-corrected chi connectivity index (χ2v) is 4.60. The van der Waals surface area contributed by atoms with E-state index in [0.29, 0.717) is 0 Å². The van der Waals surface area contributed by atoms with Crippen LogP contribution in [0.25, 0.3) is 0 Å². The summed E-state index contributed by atoms with van der Waals surface area (Å²) >= 11 is 0. The molecule has 0 saturated carbocycles. The van der Waals surface area contributed by atoms with Gasteiger partial charge < -0.3 is 0 Å². The van der Waals surface area contributed by atoms with Gasteiger partial charge in [-0.3, -0.25) is 9.79 Å². The molecule has 0 radical (unpaired) electrons. The molecule has 0 fully saturated rings. The highest BCUT2D eigenvalue weighted by atomic mass is 16.1. The van der Waals surface area contributed by atoms with Crippen molar-refractivity contribution in [2.45, 2.75) is 54.4 Å². The molecule has 16 heavy (non-hydrogen) atoms. The highest BCUT2D eigenvalue weighted by molar-refractivity contribution is 5.98. The smallest absolute Gasteiger partial charge is 0.163 e. The van der Waals surface area contributed by atoms with Gasteiger partial charge in [-0.25, -0.2) is 0 Å². The van der Waals surface area contributed by atoms with E-state index in [1.165, 1.54) is 0 Å². The second-order valence-electron chi connectivity index (χ2n) is 4.60. The van der Waals surface area contributed by atoms with Crippen LogP contribution in [0.15, 0.2) is 16.3 Å². The summed E-state index contributed by atoms with van der Waals surface area (Å²) in [5.41, 5.74) is 1.75. The summed E-state index contributed by atoms with van der Waals surface area (Å²) in [6, 6.07) is 0. The Morgan fingerprint density at radius 1 is 1.31 bits per heavy atom. The molecule has 1 unspecified atom stereocenters. The maximum Gasteiger partial charge on any atom is 0.163 e. The number of ketones is 1. The van der Waals surface area contributed by atoms with Gasteiger partial charge in [0, 0.05) is 23.4 Å². The minimum atomic E-state index is 0.115. The molecule has 0 aromatic carbocycles. The Kier molecular flexibility index (Phi) is 6.95. The van der Waals surface area contributed by atoms with E-state index >= 15 is 0 Å². The second kappa shape index (κ2) is 7.37. The zero-order valence-electron chi connectivity index (χ0n) is 11.5. The molecule has 0 bridgehead atoms. The first-order valence-corrected chi connectivity index (χ1v) is 6.19. The van der Waals surface area contributed by atoms with E-state index < -0.39 is 0 Å². The molecule has 0 rings (SSSR count). The molecule has 2 nitrogen and oxygen atoms in total. The molecule has 1 atom stereocenters. The molecule has 0 spiro atoms. The number of hydrogen-bond donors (Lipinski definition) is 0. The van der Waals surface area contributed by atoms with Crippen molar-refractivity contribution in [3.05, 3.63) is 11.3 Å². The standard InChI is InChI=1S/C14H25NO/c1-7-9-11(5)14(16)13(10(3)4)12(6)15-8-2/h8,10-11H,7,9H2,1-6H3. The Morgan fingerprint density at radius 3 is 2.25 bits per heavy atom. The summed E-state index contributed by atoms with van der Waals surface area (Å²) in [5, 5.41) is 0. The molecule has 0 aliphatic carbocycles. The first kappa shape index (κ1) is 15.1. The third-order valence-electron chi connectivity index (χ3n) is 2.72. The molecule has 0 aliphatic rings. The van der Waals surface area contributed by atoms with Gasteiger partial charge in [-0.1, -0.05) is 34.1 Å². The van der Waals surface area contributed by atoms with Crippen LogP contribution in [0.3, 0.4) is 0 Å². The molecule has 0 saturated heterocycles. The molecular weight excluding hydrogens is 198 g/mol. The van der Waals surface area contributed by atoms with Crippen LogP contribution in [0, 0.1) is 11.8 Å². The Morgan fingerprint density at radius 2 is 1.88 bits per heavy atom. The molecule has 0 aliphatic heterocycles. The van der Waals surface area contributed by atoms with Crippen LogP contribution < -0.4 is 0 Å². The van der Waals surface area contributed by atoms with Crippen molar-refractivity contribution in [3.63, 3.8) is 0 Å². The van der Waals surface area contributed by atoms with E-state index in [0.717, 1.165) is 24.1 Å². The highest BCUT2D eigenvalue weighted by Crippen LogP contribution is 2.22. The highest BCUT2D eigenvalue weighted by Gasteiger charge is 2.21. The maximum absolute atomic E-state index is 12.3. The van der Waals surface area contributed by atoms with Crippen molar-refractivity contribution in [1.29, 1.82) is 0 Å². The zero-order chi connectivity index (χ0) is 12.7. The minimum absolute atomic E-state index is 0.115. The molecule has 0 N–H and O–H groups in total. The van der Waals surface area contributed by atoms with E-state index in [-0.39, 0.29) is 17.6 Å². The van der Waals surface area contributed by atoms with E-state index in [1.54, 1.807) is 6.21 Å². The largest absolute Gasteiger partial charge is 0.294 e. The summed E-state index contributed by atoms with van der Waals surface area (Å²) in [5.74, 6) is 0.625. The molecule has 0 heterocycles. The Hall–Kier alpha value is -0.920. The van der Waals surface area contributed by atoms with Crippen LogP contribution in [0.2, 0.25) is 0 Å². The normalized spacial score (nSPS) is 15.4.